The van der Waals surface area contributed by atoms with Crippen LogP contribution >= 0.6 is 11.6 Å². The van der Waals surface area contributed by atoms with Crippen LogP contribution in [0.3, 0.4) is 0 Å². The monoisotopic (exact) mass is 446 g/mol. The number of nitrogens with two attached hydrogens (primary N) is 1. The fourth-order valence-corrected chi connectivity index (χ4v) is 4.06. The summed E-state index contributed by atoms with van der Waals surface area (Å²) in [6.07, 6.45) is 5.47. The number of aromatic nitrogens is 4. The number of nitrogens with one attached hydrogen (secondary N) is 1. The van der Waals surface area contributed by atoms with Gasteiger partial charge in [0, 0.05) is 32.4 Å². The second-order valence-corrected chi connectivity index (χ2v) is 7.92. The maximum atomic E-state index is 14.8. The van der Waals surface area contributed by atoms with Gasteiger partial charge in [0.1, 0.15) is 11.3 Å². The molecule has 12 heteroatoms. The van der Waals surface area contributed by atoms with E-state index in [-0.39, 0.29) is 22.7 Å². The first-order valence-electron chi connectivity index (χ1n) is 9.82. The van der Waals surface area contributed by atoms with Gasteiger partial charge in [0.05, 0.1) is 48.6 Å². The fourth-order valence-electron chi connectivity index (χ4n) is 3.92. The molecule has 5 heterocycles. The summed E-state index contributed by atoms with van der Waals surface area (Å²) in [5, 5.41) is 7.16. The Kier molecular flexibility index (Phi) is 5.08. The Labute approximate surface area is 181 Å². The first kappa shape index (κ1) is 19.9. The number of carbonyl (C=O) groups excluding carboxylic acids is 1. The van der Waals surface area contributed by atoms with Crippen molar-refractivity contribution >= 4 is 40.3 Å². The SMILES string of the molecule is Nc1nn2cc(Cl)cnc2c1C(=O)Nc1cncc(F)c1N1CCN(C2COC2)CC1. The molecule has 0 radical (unpaired) electrons. The zero-order chi connectivity index (χ0) is 21.5. The third-order valence-electron chi connectivity index (χ3n) is 5.58. The van der Waals surface area contributed by atoms with Crippen LogP contribution in [0.1, 0.15) is 10.4 Å². The number of nitrogen functional groups attached to an aromatic ring is 1. The number of pyridine rings is 1. The Hall–Kier alpha value is -3.02. The summed E-state index contributed by atoms with van der Waals surface area (Å²) in [5.74, 6) is -1.06. The lowest BCUT2D eigenvalue weighted by molar-refractivity contribution is -0.0660. The van der Waals surface area contributed by atoms with E-state index in [1.165, 1.54) is 23.1 Å². The normalized spacial score (nSPS) is 17.7. The van der Waals surface area contributed by atoms with Crippen LogP contribution in [-0.4, -0.2) is 75.8 Å². The summed E-state index contributed by atoms with van der Waals surface area (Å²) in [7, 11) is 0. The summed E-state index contributed by atoms with van der Waals surface area (Å²) in [6.45, 7) is 4.30. The zero-order valence-electron chi connectivity index (χ0n) is 16.5. The molecule has 3 N–H and O–H groups in total. The van der Waals surface area contributed by atoms with Crippen molar-refractivity contribution in [3.8, 4) is 0 Å². The highest BCUT2D eigenvalue weighted by Gasteiger charge is 2.31. The number of amides is 1. The molecule has 2 aliphatic heterocycles. The van der Waals surface area contributed by atoms with Crippen LogP contribution in [0.25, 0.3) is 5.65 Å². The minimum Gasteiger partial charge on any atom is -0.381 e. The molecule has 0 atom stereocenters. The third kappa shape index (κ3) is 3.64. The van der Waals surface area contributed by atoms with Crippen molar-refractivity contribution in [2.45, 2.75) is 6.04 Å². The van der Waals surface area contributed by atoms with Gasteiger partial charge in [0.2, 0.25) is 0 Å². The lowest BCUT2D eigenvalue weighted by Crippen LogP contribution is -2.56. The zero-order valence-corrected chi connectivity index (χ0v) is 17.2. The highest BCUT2D eigenvalue weighted by molar-refractivity contribution is 6.30. The van der Waals surface area contributed by atoms with Crippen molar-refractivity contribution in [1.82, 2.24) is 24.5 Å². The molecule has 162 valence electrons. The van der Waals surface area contributed by atoms with Crippen molar-refractivity contribution < 1.29 is 13.9 Å². The van der Waals surface area contributed by atoms with Gasteiger partial charge in [-0.2, -0.15) is 0 Å². The average molecular weight is 447 g/mol. The molecule has 0 unspecified atom stereocenters. The number of ether oxygens (including phenoxy) is 1. The van der Waals surface area contributed by atoms with Crippen LogP contribution in [-0.2, 0) is 4.74 Å². The van der Waals surface area contributed by atoms with E-state index in [9.17, 15) is 9.18 Å². The predicted octanol–water partition coefficient (Wildman–Crippen LogP) is 1.27. The van der Waals surface area contributed by atoms with E-state index in [0.29, 0.717) is 29.8 Å². The Balaban J connectivity index is 1.40. The van der Waals surface area contributed by atoms with Crippen LogP contribution in [0.15, 0.2) is 24.8 Å². The maximum absolute atomic E-state index is 14.8. The van der Waals surface area contributed by atoms with Gasteiger partial charge in [-0.15, -0.1) is 5.10 Å². The van der Waals surface area contributed by atoms with Crippen molar-refractivity contribution in [2.75, 3.05) is 55.3 Å². The Bertz CT molecular complexity index is 1140. The molecular formula is C19H20ClFN8O2. The van der Waals surface area contributed by atoms with Crippen molar-refractivity contribution in [2.24, 2.45) is 0 Å². The number of halogens is 2. The van der Waals surface area contributed by atoms with Crippen LogP contribution in [0.4, 0.5) is 21.6 Å². The number of anilines is 3. The predicted molar refractivity (Wildman–Crippen MR) is 113 cm³/mol. The first-order chi connectivity index (χ1) is 15.0. The van der Waals surface area contributed by atoms with Crippen LogP contribution < -0.4 is 16.0 Å². The van der Waals surface area contributed by atoms with Crippen LogP contribution in [0, 0.1) is 5.82 Å². The van der Waals surface area contributed by atoms with Crippen molar-refractivity contribution in [3.05, 3.63) is 41.2 Å². The summed E-state index contributed by atoms with van der Waals surface area (Å²) < 4.78 is 21.4. The maximum Gasteiger partial charge on any atom is 0.263 e. The summed E-state index contributed by atoms with van der Waals surface area (Å²) >= 11 is 5.93. The topological polar surface area (TPSA) is 114 Å². The lowest BCUT2D eigenvalue weighted by Gasteiger charge is -2.43. The average Bonchev–Trinajstić information content (AvgIpc) is 3.02. The smallest absolute Gasteiger partial charge is 0.263 e. The molecule has 0 saturated carbocycles. The van der Waals surface area contributed by atoms with Crippen molar-refractivity contribution in [3.63, 3.8) is 0 Å². The van der Waals surface area contributed by atoms with Gasteiger partial charge in [0.25, 0.3) is 5.91 Å². The molecule has 0 spiro atoms. The molecule has 0 aromatic carbocycles. The second-order valence-electron chi connectivity index (χ2n) is 7.49. The molecule has 10 nitrogen and oxygen atoms in total. The summed E-state index contributed by atoms with van der Waals surface area (Å²) in [4.78, 5) is 25.3. The van der Waals surface area contributed by atoms with Gasteiger partial charge in [0.15, 0.2) is 17.3 Å². The van der Waals surface area contributed by atoms with Crippen molar-refractivity contribution in [1.29, 1.82) is 0 Å². The van der Waals surface area contributed by atoms with Gasteiger partial charge >= 0.3 is 0 Å². The van der Waals surface area contributed by atoms with E-state index in [4.69, 9.17) is 22.1 Å². The number of hydrogen-bond acceptors (Lipinski definition) is 8. The molecule has 0 bridgehead atoms. The molecule has 2 aliphatic rings. The number of hydrogen-bond donors (Lipinski definition) is 2. The lowest BCUT2D eigenvalue weighted by atomic mass is 10.1. The molecular weight excluding hydrogens is 427 g/mol. The Morgan fingerprint density at radius 3 is 2.71 bits per heavy atom. The number of piperazine rings is 1. The van der Waals surface area contributed by atoms with E-state index >= 15 is 0 Å². The molecule has 31 heavy (non-hydrogen) atoms. The van der Waals surface area contributed by atoms with Crippen LogP contribution in [0.5, 0.6) is 0 Å². The van der Waals surface area contributed by atoms with Gasteiger partial charge in [-0.05, 0) is 0 Å². The largest absolute Gasteiger partial charge is 0.381 e. The minimum atomic E-state index is -0.554. The number of fused-ring (bicyclic) bond motifs is 1. The van der Waals surface area contributed by atoms with Gasteiger partial charge < -0.3 is 20.7 Å². The highest BCUT2D eigenvalue weighted by atomic mass is 35.5. The second kappa shape index (κ2) is 7.91. The van der Waals surface area contributed by atoms with E-state index in [0.717, 1.165) is 32.5 Å². The highest BCUT2D eigenvalue weighted by Crippen LogP contribution is 2.31. The summed E-state index contributed by atoms with van der Waals surface area (Å²) in [6, 6.07) is 0.434. The standard InChI is InChI=1S/C19H20ClFN8O2/c20-11-5-24-18-15(17(22)26-29(18)8-11)19(30)25-14-7-23-6-13(21)16(14)28-3-1-27(2-4-28)12-9-31-10-12/h5-8,12H,1-4,9-10H2,(H2,22,26)(H,25,30). The first-order valence-corrected chi connectivity index (χ1v) is 10.2. The molecule has 1 amide bonds. The van der Waals surface area contributed by atoms with E-state index < -0.39 is 11.7 Å². The Morgan fingerprint density at radius 2 is 2.00 bits per heavy atom. The molecule has 2 saturated heterocycles. The minimum absolute atomic E-state index is 0.00508. The molecule has 5 rings (SSSR count). The third-order valence-corrected chi connectivity index (χ3v) is 5.78. The molecule has 2 fully saturated rings. The quantitative estimate of drug-likeness (QED) is 0.616. The Morgan fingerprint density at radius 1 is 1.23 bits per heavy atom. The van der Waals surface area contributed by atoms with E-state index in [1.54, 1.807) is 0 Å². The number of nitrogens with zero attached hydrogens (tertiary/aromatic N) is 6. The molecule has 3 aromatic heterocycles. The number of rotatable bonds is 4. The van der Waals surface area contributed by atoms with E-state index in [2.05, 4.69) is 25.3 Å². The van der Waals surface area contributed by atoms with Gasteiger partial charge in [-0.25, -0.2) is 13.9 Å². The number of carbonyl (C=O) groups is 1. The van der Waals surface area contributed by atoms with Gasteiger partial charge in [-0.3, -0.25) is 14.7 Å². The fraction of sp³-hybridized carbons (Fsp3) is 0.368. The van der Waals surface area contributed by atoms with E-state index in [1.807, 2.05) is 4.90 Å². The van der Waals surface area contributed by atoms with Gasteiger partial charge in [-0.1, -0.05) is 11.6 Å². The molecule has 0 aliphatic carbocycles. The molecule has 3 aromatic rings. The van der Waals surface area contributed by atoms with Crippen LogP contribution in [0.2, 0.25) is 5.02 Å². The summed E-state index contributed by atoms with van der Waals surface area (Å²) in [5.41, 5.74) is 6.84.